The fourth-order valence-corrected chi connectivity index (χ4v) is 4.17. The molecule has 0 radical (unpaired) electrons. The second-order valence-electron chi connectivity index (χ2n) is 7.28. The summed E-state index contributed by atoms with van der Waals surface area (Å²) in [4.78, 5) is 12.6. The summed E-state index contributed by atoms with van der Waals surface area (Å²) in [6.45, 7) is 16.2. The number of morpholine rings is 1. The van der Waals surface area contributed by atoms with Crippen molar-refractivity contribution in [1.29, 1.82) is 0 Å². The zero-order valence-corrected chi connectivity index (χ0v) is 15.5. The third kappa shape index (κ3) is 4.61. The number of hydrogen-bond donors (Lipinski definition) is 1. The van der Waals surface area contributed by atoms with Crippen molar-refractivity contribution in [2.45, 2.75) is 32.7 Å². The van der Waals surface area contributed by atoms with E-state index in [2.05, 4.69) is 33.9 Å². The third-order valence-corrected chi connectivity index (χ3v) is 5.68. The summed E-state index contributed by atoms with van der Waals surface area (Å²) in [6, 6.07) is 0.666. The summed E-state index contributed by atoms with van der Waals surface area (Å²) < 4.78 is 5.49. The van der Waals surface area contributed by atoms with Gasteiger partial charge in [-0.2, -0.15) is 0 Å². The molecule has 0 spiro atoms. The molecule has 2 atom stereocenters. The summed E-state index contributed by atoms with van der Waals surface area (Å²) in [7, 11) is 0. The molecule has 3 fully saturated rings. The lowest BCUT2D eigenvalue weighted by atomic mass is 10.1. The summed E-state index contributed by atoms with van der Waals surface area (Å²) in [6.07, 6.45) is 2.55. The highest BCUT2D eigenvalue weighted by molar-refractivity contribution is 5.80. The zero-order chi connectivity index (χ0) is 16.8. The smallest absolute Gasteiger partial charge is 0.193 e. The van der Waals surface area contributed by atoms with Crippen LogP contribution in [0.15, 0.2) is 4.99 Å². The highest BCUT2D eigenvalue weighted by atomic mass is 16.5. The van der Waals surface area contributed by atoms with E-state index in [4.69, 9.17) is 9.73 Å². The summed E-state index contributed by atoms with van der Waals surface area (Å²) >= 11 is 0. The van der Waals surface area contributed by atoms with E-state index in [0.717, 1.165) is 64.4 Å². The molecule has 138 valence electrons. The van der Waals surface area contributed by atoms with Crippen LogP contribution in [0.1, 0.15) is 26.7 Å². The van der Waals surface area contributed by atoms with Gasteiger partial charge in [0.1, 0.15) is 0 Å². The Kier molecular flexibility index (Phi) is 6.75. The predicted molar refractivity (Wildman–Crippen MR) is 98.6 cm³/mol. The lowest BCUT2D eigenvalue weighted by Crippen LogP contribution is -2.46. The molecule has 1 N–H and O–H groups in total. The Labute approximate surface area is 147 Å². The van der Waals surface area contributed by atoms with Crippen molar-refractivity contribution in [2.24, 2.45) is 10.9 Å². The number of guanidine groups is 1. The molecule has 6 nitrogen and oxygen atoms in total. The van der Waals surface area contributed by atoms with Crippen LogP contribution in [0.2, 0.25) is 0 Å². The van der Waals surface area contributed by atoms with Crippen LogP contribution in [0.4, 0.5) is 0 Å². The van der Waals surface area contributed by atoms with Gasteiger partial charge in [0.2, 0.25) is 0 Å². The van der Waals surface area contributed by atoms with Crippen molar-refractivity contribution in [3.05, 3.63) is 0 Å². The van der Waals surface area contributed by atoms with Gasteiger partial charge in [0.05, 0.1) is 13.2 Å². The van der Waals surface area contributed by atoms with E-state index in [1.54, 1.807) is 0 Å². The van der Waals surface area contributed by atoms with E-state index in [-0.39, 0.29) is 0 Å². The minimum atomic E-state index is 0.666. The van der Waals surface area contributed by atoms with E-state index < -0.39 is 0 Å². The third-order valence-electron chi connectivity index (χ3n) is 5.68. The molecule has 3 heterocycles. The van der Waals surface area contributed by atoms with Gasteiger partial charge in [-0.15, -0.1) is 0 Å². The van der Waals surface area contributed by atoms with Crippen LogP contribution >= 0.6 is 0 Å². The molecule has 3 aliphatic heterocycles. The lowest BCUT2D eigenvalue weighted by molar-refractivity contribution is 0.0195. The van der Waals surface area contributed by atoms with E-state index in [0.29, 0.717) is 6.04 Å². The standard InChI is InChI=1S/C18H35N5O/c1-3-19-18(20-13-16-5-7-21(4-2)14-16)23-8-6-17(15-23)22-9-11-24-12-10-22/h16-17H,3-15H2,1-2H3,(H,19,20). The minimum Gasteiger partial charge on any atom is -0.379 e. The molecule has 0 bridgehead atoms. The minimum absolute atomic E-state index is 0.666. The Morgan fingerprint density at radius 3 is 2.62 bits per heavy atom. The number of hydrogen-bond acceptors (Lipinski definition) is 4. The lowest BCUT2D eigenvalue weighted by Gasteiger charge is -2.32. The van der Waals surface area contributed by atoms with Crippen LogP contribution in [0.25, 0.3) is 0 Å². The molecule has 0 aromatic rings. The van der Waals surface area contributed by atoms with Crippen LogP contribution in [0, 0.1) is 5.92 Å². The number of rotatable bonds is 5. The largest absolute Gasteiger partial charge is 0.379 e. The molecule has 2 unspecified atom stereocenters. The number of ether oxygens (including phenoxy) is 1. The Hall–Kier alpha value is -0.850. The van der Waals surface area contributed by atoms with Crippen molar-refractivity contribution in [3.8, 4) is 0 Å². The van der Waals surface area contributed by atoms with Crippen LogP contribution in [-0.4, -0.2) is 98.8 Å². The Morgan fingerprint density at radius 1 is 1.08 bits per heavy atom. The second kappa shape index (κ2) is 9.02. The monoisotopic (exact) mass is 337 g/mol. The summed E-state index contributed by atoms with van der Waals surface area (Å²) in [5.41, 5.74) is 0. The van der Waals surface area contributed by atoms with E-state index in [1.807, 2.05) is 0 Å². The van der Waals surface area contributed by atoms with E-state index >= 15 is 0 Å². The van der Waals surface area contributed by atoms with Crippen molar-refractivity contribution < 1.29 is 4.74 Å². The number of aliphatic imine (C=N–C) groups is 1. The molecule has 24 heavy (non-hydrogen) atoms. The van der Waals surface area contributed by atoms with Crippen molar-refractivity contribution >= 4 is 5.96 Å². The van der Waals surface area contributed by atoms with Crippen LogP contribution in [-0.2, 0) is 4.74 Å². The molecule has 6 heteroatoms. The SMILES string of the molecule is CCNC(=NCC1CCN(CC)C1)N1CCC(N2CCOCC2)C1. The average Bonchev–Trinajstić information content (AvgIpc) is 3.29. The Morgan fingerprint density at radius 2 is 1.92 bits per heavy atom. The van der Waals surface area contributed by atoms with Crippen molar-refractivity contribution in [2.75, 3.05) is 72.1 Å². The van der Waals surface area contributed by atoms with Gasteiger partial charge in [-0.25, -0.2) is 0 Å². The van der Waals surface area contributed by atoms with E-state index in [9.17, 15) is 0 Å². The first kappa shape index (κ1) is 18.0. The van der Waals surface area contributed by atoms with Gasteiger partial charge >= 0.3 is 0 Å². The van der Waals surface area contributed by atoms with Crippen LogP contribution in [0.5, 0.6) is 0 Å². The maximum atomic E-state index is 5.49. The van der Waals surface area contributed by atoms with E-state index in [1.165, 1.54) is 32.5 Å². The summed E-state index contributed by atoms with van der Waals surface area (Å²) in [5.74, 6) is 1.86. The quantitative estimate of drug-likeness (QED) is 0.591. The van der Waals surface area contributed by atoms with Crippen molar-refractivity contribution in [1.82, 2.24) is 20.0 Å². The number of nitrogens with zero attached hydrogens (tertiary/aromatic N) is 4. The normalized spacial score (nSPS) is 30.2. The molecule has 3 saturated heterocycles. The molecule has 3 rings (SSSR count). The first-order chi connectivity index (χ1) is 11.8. The predicted octanol–water partition coefficient (Wildman–Crippen LogP) is 0.700. The fraction of sp³-hybridized carbons (Fsp3) is 0.944. The van der Waals surface area contributed by atoms with Crippen LogP contribution < -0.4 is 5.32 Å². The second-order valence-corrected chi connectivity index (χ2v) is 7.28. The van der Waals surface area contributed by atoms with Crippen LogP contribution in [0.3, 0.4) is 0 Å². The fourth-order valence-electron chi connectivity index (χ4n) is 4.17. The molecule has 0 aliphatic carbocycles. The molecule has 0 aromatic heterocycles. The number of nitrogens with one attached hydrogen (secondary N) is 1. The highest BCUT2D eigenvalue weighted by Crippen LogP contribution is 2.19. The van der Waals surface area contributed by atoms with Gasteiger partial charge in [-0.3, -0.25) is 9.89 Å². The molecule has 0 aromatic carbocycles. The topological polar surface area (TPSA) is 43.3 Å². The maximum Gasteiger partial charge on any atom is 0.193 e. The molecule has 3 aliphatic rings. The van der Waals surface area contributed by atoms with Gasteiger partial charge in [0, 0.05) is 51.9 Å². The summed E-state index contributed by atoms with van der Waals surface area (Å²) in [5, 5.41) is 3.52. The molecular weight excluding hydrogens is 302 g/mol. The van der Waals surface area contributed by atoms with Gasteiger partial charge in [-0.05, 0) is 38.8 Å². The first-order valence-corrected chi connectivity index (χ1v) is 9.87. The average molecular weight is 338 g/mol. The van der Waals surface area contributed by atoms with Gasteiger partial charge in [0.25, 0.3) is 0 Å². The van der Waals surface area contributed by atoms with Crippen molar-refractivity contribution in [3.63, 3.8) is 0 Å². The zero-order valence-electron chi connectivity index (χ0n) is 15.5. The Balaban J connectivity index is 1.52. The molecule has 0 saturated carbocycles. The Bertz CT molecular complexity index is 410. The molecular formula is C18H35N5O. The highest BCUT2D eigenvalue weighted by Gasteiger charge is 2.30. The van der Waals surface area contributed by atoms with Gasteiger partial charge in [0.15, 0.2) is 5.96 Å². The molecule has 0 amide bonds. The maximum absolute atomic E-state index is 5.49. The first-order valence-electron chi connectivity index (χ1n) is 9.87. The van der Waals surface area contributed by atoms with Gasteiger partial charge < -0.3 is 19.9 Å². The van der Waals surface area contributed by atoms with Gasteiger partial charge in [-0.1, -0.05) is 6.92 Å². The number of likely N-dealkylation sites (tertiary alicyclic amines) is 2.